The van der Waals surface area contributed by atoms with Gasteiger partial charge in [0.05, 0.1) is 11.3 Å². The number of hydrogen-bond donors (Lipinski definition) is 1. The molecule has 1 amide bonds. The van der Waals surface area contributed by atoms with E-state index in [9.17, 15) is 18.0 Å². The molecule has 3 aromatic rings. The third-order valence-electron chi connectivity index (χ3n) is 4.56. The number of aromatic nitrogens is 2. The van der Waals surface area contributed by atoms with E-state index >= 15 is 0 Å². The molecular formula is C21H22F3N3O. The highest BCUT2D eigenvalue weighted by Gasteiger charge is 2.32. The lowest BCUT2D eigenvalue weighted by Gasteiger charge is -2.20. The third kappa shape index (κ3) is 4.18. The lowest BCUT2D eigenvalue weighted by Crippen LogP contribution is -2.31. The van der Waals surface area contributed by atoms with Gasteiger partial charge >= 0.3 is 6.18 Å². The van der Waals surface area contributed by atoms with E-state index in [2.05, 4.69) is 10.3 Å². The highest BCUT2D eigenvalue weighted by atomic mass is 19.4. The Kier molecular flexibility index (Phi) is 5.45. The van der Waals surface area contributed by atoms with Crippen molar-refractivity contribution >= 4 is 11.6 Å². The van der Waals surface area contributed by atoms with Crippen molar-refractivity contribution in [2.75, 3.05) is 0 Å². The predicted octanol–water partition coefficient (Wildman–Crippen LogP) is 4.71. The van der Waals surface area contributed by atoms with E-state index in [4.69, 9.17) is 0 Å². The molecule has 0 aliphatic rings. The van der Waals surface area contributed by atoms with Gasteiger partial charge < -0.3 is 9.72 Å². The van der Waals surface area contributed by atoms with Crippen molar-refractivity contribution in [2.24, 2.45) is 0 Å². The zero-order valence-corrected chi connectivity index (χ0v) is 15.9. The summed E-state index contributed by atoms with van der Waals surface area (Å²) in [5, 5.41) is 2.82. The molecule has 1 atom stereocenters. The minimum Gasteiger partial charge on any atom is -0.354 e. The quantitative estimate of drug-likeness (QED) is 0.687. The SMILES string of the molecule is Cc1cccc2ncc(C(CC(=O)NC(C)C)c3cccc(C(F)(F)F)c3)n12. The first kappa shape index (κ1) is 19.9. The minimum absolute atomic E-state index is 0.0294. The Morgan fingerprint density at radius 2 is 1.89 bits per heavy atom. The number of benzene rings is 1. The van der Waals surface area contributed by atoms with Crippen LogP contribution in [0.3, 0.4) is 0 Å². The summed E-state index contributed by atoms with van der Waals surface area (Å²) in [6.45, 7) is 5.58. The molecule has 2 heterocycles. The predicted molar refractivity (Wildman–Crippen MR) is 101 cm³/mol. The molecule has 3 rings (SSSR count). The maximum Gasteiger partial charge on any atom is 0.416 e. The van der Waals surface area contributed by atoms with Crippen molar-refractivity contribution in [1.29, 1.82) is 0 Å². The van der Waals surface area contributed by atoms with Gasteiger partial charge in [-0.05, 0) is 44.5 Å². The summed E-state index contributed by atoms with van der Waals surface area (Å²) >= 11 is 0. The van der Waals surface area contributed by atoms with Crippen molar-refractivity contribution in [3.63, 3.8) is 0 Å². The van der Waals surface area contributed by atoms with Crippen LogP contribution in [-0.2, 0) is 11.0 Å². The smallest absolute Gasteiger partial charge is 0.354 e. The monoisotopic (exact) mass is 389 g/mol. The van der Waals surface area contributed by atoms with Gasteiger partial charge in [0, 0.05) is 30.3 Å². The van der Waals surface area contributed by atoms with Crippen LogP contribution in [0, 0.1) is 6.92 Å². The number of pyridine rings is 1. The minimum atomic E-state index is -4.45. The number of fused-ring (bicyclic) bond motifs is 1. The van der Waals surface area contributed by atoms with E-state index in [-0.39, 0.29) is 18.4 Å². The number of nitrogens with one attached hydrogen (secondary N) is 1. The maximum absolute atomic E-state index is 13.2. The average Bonchev–Trinajstić information content (AvgIpc) is 3.04. The Morgan fingerprint density at radius 3 is 2.57 bits per heavy atom. The standard InChI is InChI=1S/C21H22F3N3O/c1-13(2)26-20(28)11-17(15-7-5-8-16(10-15)21(22,23)24)18-12-25-19-9-4-6-14(3)27(18)19/h4-10,12-13,17H,11H2,1-3H3,(H,26,28). The van der Waals surface area contributed by atoms with Gasteiger partial charge in [0.1, 0.15) is 5.65 Å². The molecule has 1 unspecified atom stereocenters. The van der Waals surface area contributed by atoms with Crippen LogP contribution in [0.25, 0.3) is 5.65 Å². The molecule has 1 aromatic carbocycles. The van der Waals surface area contributed by atoms with Crippen LogP contribution >= 0.6 is 0 Å². The molecule has 0 bridgehead atoms. The second-order valence-electron chi connectivity index (χ2n) is 7.15. The maximum atomic E-state index is 13.2. The fourth-order valence-corrected chi connectivity index (χ4v) is 3.37. The molecule has 7 heteroatoms. The van der Waals surface area contributed by atoms with Crippen molar-refractivity contribution in [3.05, 3.63) is 71.2 Å². The Labute approximate surface area is 161 Å². The molecule has 4 nitrogen and oxygen atoms in total. The first-order valence-corrected chi connectivity index (χ1v) is 9.06. The Bertz CT molecular complexity index is 992. The first-order chi connectivity index (χ1) is 13.2. The number of hydrogen-bond acceptors (Lipinski definition) is 2. The number of nitrogens with zero attached hydrogens (tertiary/aromatic N) is 2. The summed E-state index contributed by atoms with van der Waals surface area (Å²) in [5.74, 6) is -0.780. The summed E-state index contributed by atoms with van der Waals surface area (Å²) in [5.41, 5.74) is 1.97. The van der Waals surface area contributed by atoms with Gasteiger partial charge in [0.2, 0.25) is 5.91 Å². The lowest BCUT2D eigenvalue weighted by atomic mass is 9.91. The van der Waals surface area contributed by atoms with E-state index in [0.29, 0.717) is 16.9 Å². The summed E-state index contributed by atoms with van der Waals surface area (Å²) in [4.78, 5) is 16.8. The van der Waals surface area contributed by atoms with Crippen molar-refractivity contribution in [2.45, 2.75) is 45.3 Å². The van der Waals surface area contributed by atoms with Crippen molar-refractivity contribution in [1.82, 2.24) is 14.7 Å². The van der Waals surface area contributed by atoms with Crippen LogP contribution in [-0.4, -0.2) is 21.3 Å². The zero-order valence-electron chi connectivity index (χ0n) is 15.9. The summed E-state index contributed by atoms with van der Waals surface area (Å²) < 4.78 is 41.6. The van der Waals surface area contributed by atoms with Gasteiger partial charge in [-0.25, -0.2) is 4.98 Å². The van der Waals surface area contributed by atoms with Gasteiger partial charge in [0.25, 0.3) is 0 Å². The molecule has 0 radical (unpaired) electrons. The van der Waals surface area contributed by atoms with Crippen LogP contribution in [0.1, 0.15) is 48.7 Å². The highest BCUT2D eigenvalue weighted by molar-refractivity contribution is 5.77. The number of aryl methyl sites for hydroxylation is 1. The molecule has 0 spiro atoms. The molecule has 1 N–H and O–H groups in total. The molecule has 148 valence electrons. The van der Waals surface area contributed by atoms with Crippen LogP contribution < -0.4 is 5.32 Å². The molecule has 0 aliphatic carbocycles. The van der Waals surface area contributed by atoms with Crippen molar-refractivity contribution < 1.29 is 18.0 Å². The molecule has 0 saturated carbocycles. The second-order valence-corrected chi connectivity index (χ2v) is 7.15. The number of halogens is 3. The van der Waals surface area contributed by atoms with E-state index in [1.54, 1.807) is 12.3 Å². The molecule has 0 aliphatic heterocycles. The number of rotatable bonds is 5. The molecule has 0 saturated heterocycles. The van der Waals surface area contributed by atoms with E-state index in [1.807, 2.05) is 43.4 Å². The van der Waals surface area contributed by atoms with Gasteiger partial charge in [-0.1, -0.05) is 24.3 Å². The van der Waals surface area contributed by atoms with Crippen LogP contribution in [0.4, 0.5) is 13.2 Å². The average molecular weight is 389 g/mol. The Morgan fingerprint density at radius 1 is 1.18 bits per heavy atom. The Hall–Kier alpha value is -2.83. The number of imidazole rings is 1. The number of carbonyl (C=O) groups is 1. The first-order valence-electron chi connectivity index (χ1n) is 9.06. The highest BCUT2D eigenvalue weighted by Crippen LogP contribution is 2.34. The van der Waals surface area contributed by atoms with Crippen LogP contribution in [0.15, 0.2) is 48.7 Å². The number of alkyl halides is 3. The number of carbonyl (C=O) groups excluding carboxylic acids is 1. The van der Waals surface area contributed by atoms with Crippen molar-refractivity contribution in [3.8, 4) is 0 Å². The fourth-order valence-electron chi connectivity index (χ4n) is 3.37. The van der Waals surface area contributed by atoms with Gasteiger partial charge in [-0.2, -0.15) is 13.2 Å². The van der Waals surface area contributed by atoms with Crippen LogP contribution in [0.2, 0.25) is 0 Å². The summed E-state index contributed by atoms with van der Waals surface area (Å²) in [6, 6.07) is 10.7. The Balaban J connectivity index is 2.11. The fraction of sp³-hybridized carbons (Fsp3) is 0.333. The zero-order chi connectivity index (χ0) is 20.5. The second kappa shape index (κ2) is 7.66. The van der Waals surface area contributed by atoms with E-state index in [0.717, 1.165) is 17.8 Å². The third-order valence-corrected chi connectivity index (χ3v) is 4.56. The molecular weight excluding hydrogens is 367 g/mol. The molecule has 2 aromatic heterocycles. The lowest BCUT2D eigenvalue weighted by molar-refractivity contribution is -0.137. The van der Waals surface area contributed by atoms with Crippen LogP contribution in [0.5, 0.6) is 0 Å². The van der Waals surface area contributed by atoms with E-state index < -0.39 is 17.7 Å². The summed E-state index contributed by atoms with van der Waals surface area (Å²) in [7, 11) is 0. The molecule has 28 heavy (non-hydrogen) atoms. The summed E-state index contributed by atoms with van der Waals surface area (Å²) in [6.07, 6.45) is -2.78. The van der Waals surface area contributed by atoms with Gasteiger partial charge in [0.15, 0.2) is 0 Å². The topological polar surface area (TPSA) is 46.4 Å². The normalized spacial score (nSPS) is 13.1. The van der Waals surface area contributed by atoms with Gasteiger partial charge in [-0.3, -0.25) is 4.79 Å². The van der Waals surface area contributed by atoms with Gasteiger partial charge in [-0.15, -0.1) is 0 Å². The molecule has 0 fully saturated rings. The largest absolute Gasteiger partial charge is 0.416 e. The van der Waals surface area contributed by atoms with E-state index in [1.165, 1.54) is 6.07 Å². The number of amides is 1.